The summed E-state index contributed by atoms with van der Waals surface area (Å²) in [5, 5.41) is 8.18. The summed E-state index contributed by atoms with van der Waals surface area (Å²) >= 11 is 0. The maximum Gasteiger partial charge on any atom is 0.167 e. The van der Waals surface area contributed by atoms with Gasteiger partial charge in [0.2, 0.25) is 0 Å². The fourth-order valence-corrected chi connectivity index (χ4v) is 0.839. The van der Waals surface area contributed by atoms with Gasteiger partial charge >= 0.3 is 0 Å². The molecule has 5 heteroatoms. The van der Waals surface area contributed by atoms with E-state index < -0.39 is 5.82 Å². The highest BCUT2D eigenvalue weighted by molar-refractivity contribution is 5.60. The molecule has 0 atom stereocenters. The Balaban J connectivity index is 2.89. The van der Waals surface area contributed by atoms with Gasteiger partial charge in [0.05, 0.1) is 12.8 Å². The van der Waals surface area contributed by atoms with Crippen LogP contribution in [0.3, 0.4) is 0 Å². The van der Waals surface area contributed by atoms with E-state index in [1.165, 1.54) is 19.2 Å². The van der Waals surface area contributed by atoms with Gasteiger partial charge in [0.1, 0.15) is 6.34 Å². The molecule has 0 aliphatic heterocycles. The predicted molar refractivity (Wildman–Crippen MR) is 46.0 cm³/mol. The van der Waals surface area contributed by atoms with E-state index in [0.29, 0.717) is 5.69 Å². The van der Waals surface area contributed by atoms with E-state index in [2.05, 4.69) is 4.99 Å². The van der Waals surface area contributed by atoms with Gasteiger partial charge in [-0.15, -0.1) is 0 Å². The van der Waals surface area contributed by atoms with E-state index in [9.17, 15) is 4.39 Å². The molecule has 13 heavy (non-hydrogen) atoms. The van der Waals surface area contributed by atoms with Crippen molar-refractivity contribution in [1.29, 1.82) is 0 Å². The van der Waals surface area contributed by atoms with Crippen LogP contribution in [0.5, 0.6) is 5.75 Å². The van der Waals surface area contributed by atoms with Crippen molar-refractivity contribution in [3.8, 4) is 5.75 Å². The van der Waals surface area contributed by atoms with E-state index in [1.807, 2.05) is 0 Å². The molecule has 0 aliphatic rings. The standard InChI is InChI=1S/C8H9FN2O2/c1-13-8-3-2-6(4-7(8)9)10-5-11-12/h2-5,12H,1H3,(H,10,11). The lowest BCUT2D eigenvalue weighted by Crippen LogP contribution is -2.00. The zero-order valence-electron chi connectivity index (χ0n) is 6.99. The molecular weight excluding hydrogens is 175 g/mol. The highest BCUT2D eigenvalue weighted by Crippen LogP contribution is 2.21. The third kappa shape index (κ3) is 2.41. The number of benzene rings is 1. The Labute approximate surface area is 74.6 Å². The van der Waals surface area contributed by atoms with Gasteiger partial charge in [-0.25, -0.2) is 9.38 Å². The summed E-state index contributed by atoms with van der Waals surface area (Å²) in [6.45, 7) is 0. The van der Waals surface area contributed by atoms with E-state index in [4.69, 9.17) is 9.94 Å². The number of ether oxygens (including phenoxy) is 1. The predicted octanol–water partition coefficient (Wildman–Crippen LogP) is 1.47. The molecule has 0 spiro atoms. The molecule has 70 valence electrons. The maximum atomic E-state index is 13.0. The molecule has 0 aromatic heterocycles. The second kappa shape index (κ2) is 4.42. The van der Waals surface area contributed by atoms with Crippen molar-refractivity contribution < 1.29 is 14.3 Å². The van der Waals surface area contributed by atoms with Crippen molar-refractivity contribution in [1.82, 2.24) is 5.48 Å². The van der Waals surface area contributed by atoms with Crippen molar-refractivity contribution in [2.45, 2.75) is 0 Å². The first-order valence-electron chi connectivity index (χ1n) is 3.53. The molecule has 0 unspecified atom stereocenters. The molecule has 0 fully saturated rings. The van der Waals surface area contributed by atoms with Crippen LogP contribution in [0.1, 0.15) is 0 Å². The summed E-state index contributed by atoms with van der Waals surface area (Å²) < 4.78 is 17.7. The molecule has 1 aromatic carbocycles. The summed E-state index contributed by atoms with van der Waals surface area (Å²) in [6.07, 6.45) is 1.04. The van der Waals surface area contributed by atoms with Crippen LogP contribution in [-0.4, -0.2) is 18.7 Å². The smallest absolute Gasteiger partial charge is 0.167 e. The zero-order chi connectivity index (χ0) is 9.68. The lowest BCUT2D eigenvalue weighted by Gasteiger charge is -2.01. The minimum atomic E-state index is -0.491. The fraction of sp³-hybridized carbons (Fsp3) is 0.125. The molecule has 4 nitrogen and oxygen atoms in total. The van der Waals surface area contributed by atoms with Crippen molar-refractivity contribution in [2.24, 2.45) is 4.99 Å². The SMILES string of the molecule is COc1ccc(N=CNO)cc1F. The molecule has 0 radical (unpaired) electrons. The quantitative estimate of drug-likeness (QED) is 0.425. The van der Waals surface area contributed by atoms with E-state index in [1.54, 1.807) is 11.5 Å². The monoisotopic (exact) mass is 184 g/mol. The molecular formula is C8H9FN2O2. The number of aliphatic imine (C=N–C) groups is 1. The van der Waals surface area contributed by atoms with E-state index >= 15 is 0 Å². The fourth-order valence-electron chi connectivity index (χ4n) is 0.839. The number of nitrogens with one attached hydrogen (secondary N) is 1. The van der Waals surface area contributed by atoms with E-state index in [0.717, 1.165) is 6.34 Å². The summed E-state index contributed by atoms with van der Waals surface area (Å²) in [4.78, 5) is 3.68. The number of hydrogen-bond acceptors (Lipinski definition) is 3. The highest BCUT2D eigenvalue weighted by Gasteiger charge is 2.01. The summed E-state index contributed by atoms with van der Waals surface area (Å²) in [7, 11) is 1.39. The van der Waals surface area contributed by atoms with Gasteiger partial charge in [-0.1, -0.05) is 0 Å². The van der Waals surface area contributed by atoms with Crippen LogP contribution < -0.4 is 10.2 Å². The second-order valence-electron chi connectivity index (χ2n) is 2.21. The topological polar surface area (TPSA) is 53.8 Å². The van der Waals surface area contributed by atoms with Crippen molar-refractivity contribution >= 4 is 12.0 Å². The Morgan fingerprint density at radius 2 is 2.38 bits per heavy atom. The molecule has 1 rings (SSSR count). The van der Waals surface area contributed by atoms with Crippen LogP contribution in [-0.2, 0) is 0 Å². The normalized spacial score (nSPS) is 10.4. The molecule has 0 aliphatic carbocycles. The van der Waals surface area contributed by atoms with Crippen LogP contribution in [0.15, 0.2) is 23.2 Å². The van der Waals surface area contributed by atoms with E-state index in [-0.39, 0.29) is 5.75 Å². The molecule has 0 bridgehead atoms. The first-order chi connectivity index (χ1) is 6.27. The second-order valence-corrected chi connectivity index (χ2v) is 2.21. The number of nitrogens with zero attached hydrogens (tertiary/aromatic N) is 1. The largest absolute Gasteiger partial charge is 0.494 e. The van der Waals surface area contributed by atoms with Gasteiger partial charge in [0.15, 0.2) is 11.6 Å². The number of hydroxylamine groups is 1. The van der Waals surface area contributed by atoms with Crippen molar-refractivity contribution in [3.05, 3.63) is 24.0 Å². The highest BCUT2D eigenvalue weighted by atomic mass is 19.1. The molecule has 0 amide bonds. The Hall–Kier alpha value is -1.62. The van der Waals surface area contributed by atoms with Crippen molar-refractivity contribution in [3.63, 3.8) is 0 Å². The van der Waals surface area contributed by atoms with Gasteiger partial charge in [0, 0.05) is 6.07 Å². The van der Waals surface area contributed by atoms with Crippen molar-refractivity contribution in [2.75, 3.05) is 7.11 Å². The minimum Gasteiger partial charge on any atom is -0.494 e. The lowest BCUT2D eigenvalue weighted by atomic mass is 10.3. The Kier molecular flexibility index (Phi) is 3.22. The Bertz CT molecular complexity index is 315. The number of halogens is 1. The first kappa shape index (κ1) is 9.47. The van der Waals surface area contributed by atoms with Gasteiger partial charge in [0.25, 0.3) is 0 Å². The van der Waals surface area contributed by atoms with Gasteiger partial charge in [-0.3, -0.25) is 10.7 Å². The van der Waals surface area contributed by atoms with Crippen LogP contribution in [0, 0.1) is 5.82 Å². The first-order valence-corrected chi connectivity index (χ1v) is 3.53. The molecule has 0 saturated heterocycles. The molecule has 2 N–H and O–H groups in total. The van der Waals surface area contributed by atoms with Crippen LogP contribution in [0.2, 0.25) is 0 Å². The Morgan fingerprint density at radius 1 is 1.62 bits per heavy atom. The van der Waals surface area contributed by atoms with Gasteiger partial charge in [-0.2, -0.15) is 0 Å². The van der Waals surface area contributed by atoms with Crippen LogP contribution in [0.25, 0.3) is 0 Å². The number of rotatable bonds is 3. The zero-order valence-corrected chi connectivity index (χ0v) is 6.99. The third-order valence-corrected chi connectivity index (χ3v) is 1.41. The molecule has 0 saturated carbocycles. The van der Waals surface area contributed by atoms with Gasteiger partial charge in [-0.05, 0) is 12.1 Å². The Morgan fingerprint density at radius 3 is 2.92 bits per heavy atom. The third-order valence-electron chi connectivity index (χ3n) is 1.41. The average molecular weight is 184 g/mol. The minimum absolute atomic E-state index is 0.163. The molecule has 1 aromatic rings. The lowest BCUT2D eigenvalue weighted by molar-refractivity contribution is 0.240. The average Bonchev–Trinajstić information content (AvgIpc) is 2.15. The molecule has 0 heterocycles. The maximum absolute atomic E-state index is 13.0. The van der Waals surface area contributed by atoms with Gasteiger partial charge < -0.3 is 4.74 Å². The number of hydrogen-bond donors (Lipinski definition) is 2. The summed E-state index contributed by atoms with van der Waals surface area (Å²) in [6, 6.07) is 4.22. The summed E-state index contributed by atoms with van der Waals surface area (Å²) in [5.41, 5.74) is 2.11. The van der Waals surface area contributed by atoms with Crippen LogP contribution in [0.4, 0.5) is 10.1 Å². The number of methoxy groups -OCH3 is 1. The van der Waals surface area contributed by atoms with Crippen LogP contribution >= 0.6 is 0 Å². The summed E-state index contributed by atoms with van der Waals surface area (Å²) in [5.74, 6) is -0.328.